The lowest BCUT2D eigenvalue weighted by Crippen LogP contribution is -2.13. The second-order valence-corrected chi connectivity index (χ2v) is 4.75. The number of H-pyrrole nitrogens is 1. The minimum Gasteiger partial charge on any atom is -0.365 e. The minimum atomic E-state index is -0.0796. The first-order valence-electron chi connectivity index (χ1n) is 6.52. The smallest absolute Gasteiger partial charge is 0.257 e. The van der Waals surface area contributed by atoms with Crippen LogP contribution < -0.4 is 10.9 Å². The summed E-state index contributed by atoms with van der Waals surface area (Å²) in [5.41, 5.74) is 0.991. The van der Waals surface area contributed by atoms with Gasteiger partial charge in [-0.1, -0.05) is 24.3 Å². The number of hydrogen-bond donors (Lipinski definition) is 2. The quantitative estimate of drug-likeness (QED) is 0.765. The number of fused-ring (bicyclic) bond motifs is 1. The predicted molar refractivity (Wildman–Crippen MR) is 80.8 cm³/mol. The van der Waals surface area contributed by atoms with Gasteiger partial charge in [0.25, 0.3) is 5.56 Å². The van der Waals surface area contributed by atoms with E-state index in [1.165, 1.54) is 0 Å². The molecule has 1 unspecified atom stereocenters. The highest BCUT2D eigenvalue weighted by Crippen LogP contribution is 2.18. The molecular weight excluding hydrogens is 250 g/mol. The first-order chi connectivity index (χ1) is 9.74. The molecule has 0 aliphatic rings. The van der Waals surface area contributed by atoms with Crippen LogP contribution in [-0.2, 0) is 0 Å². The van der Waals surface area contributed by atoms with E-state index in [4.69, 9.17) is 0 Å². The summed E-state index contributed by atoms with van der Waals surface area (Å²) in [4.78, 5) is 19.0. The summed E-state index contributed by atoms with van der Waals surface area (Å²) < 4.78 is 0. The lowest BCUT2D eigenvalue weighted by molar-refractivity contribution is 0.865. The molecule has 0 saturated heterocycles. The van der Waals surface area contributed by atoms with Gasteiger partial charge >= 0.3 is 0 Å². The molecule has 20 heavy (non-hydrogen) atoms. The summed E-state index contributed by atoms with van der Waals surface area (Å²) in [5.74, 6) is 0.713. The number of rotatable bonds is 3. The van der Waals surface area contributed by atoms with Crippen molar-refractivity contribution >= 4 is 16.6 Å². The Labute approximate surface area is 116 Å². The van der Waals surface area contributed by atoms with Crippen molar-refractivity contribution in [3.05, 3.63) is 70.8 Å². The molecule has 3 aromatic rings. The normalized spacial score (nSPS) is 12.2. The van der Waals surface area contributed by atoms with E-state index >= 15 is 0 Å². The average Bonchev–Trinajstić information content (AvgIpc) is 2.48. The Morgan fingerprint density at radius 1 is 1.20 bits per heavy atom. The second kappa shape index (κ2) is 5.17. The highest BCUT2D eigenvalue weighted by atomic mass is 16.1. The zero-order chi connectivity index (χ0) is 13.9. The molecule has 1 aromatic carbocycles. The van der Waals surface area contributed by atoms with Gasteiger partial charge in [0, 0.05) is 17.8 Å². The number of anilines is 1. The molecule has 0 spiro atoms. The Hall–Kier alpha value is -2.62. The molecule has 0 aliphatic carbocycles. The molecular formula is C16H15N3O. The lowest BCUT2D eigenvalue weighted by atomic mass is 10.1. The molecule has 100 valence electrons. The Bertz CT molecular complexity index is 780. The number of aromatic amines is 1. The van der Waals surface area contributed by atoms with Crippen LogP contribution in [0, 0.1) is 0 Å². The highest BCUT2D eigenvalue weighted by Gasteiger charge is 2.07. The van der Waals surface area contributed by atoms with Crippen molar-refractivity contribution < 1.29 is 0 Å². The molecule has 0 aliphatic heterocycles. The van der Waals surface area contributed by atoms with Gasteiger partial charge in [-0.3, -0.25) is 9.78 Å². The van der Waals surface area contributed by atoms with Crippen molar-refractivity contribution in [1.82, 2.24) is 9.97 Å². The van der Waals surface area contributed by atoms with Crippen molar-refractivity contribution in [3.63, 3.8) is 0 Å². The van der Waals surface area contributed by atoms with Gasteiger partial charge in [-0.05, 0) is 36.1 Å². The number of benzene rings is 1. The van der Waals surface area contributed by atoms with Crippen LogP contribution in [0.1, 0.15) is 18.5 Å². The third kappa shape index (κ3) is 2.40. The molecule has 0 bridgehead atoms. The van der Waals surface area contributed by atoms with Gasteiger partial charge in [0.15, 0.2) is 0 Å². The number of nitrogens with one attached hydrogen (secondary N) is 2. The number of hydrogen-bond acceptors (Lipinski definition) is 3. The number of pyridine rings is 2. The monoisotopic (exact) mass is 265 g/mol. The van der Waals surface area contributed by atoms with Crippen molar-refractivity contribution in [3.8, 4) is 0 Å². The minimum absolute atomic E-state index is 0.0699. The lowest BCUT2D eigenvalue weighted by Gasteiger charge is -2.15. The largest absolute Gasteiger partial charge is 0.365 e. The Kier molecular flexibility index (Phi) is 3.21. The van der Waals surface area contributed by atoms with Crippen LogP contribution in [0.5, 0.6) is 0 Å². The van der Waals surface area contributed by atoms with Gasteiger partial charge in [0.2, 0.25) is 0 Å². The fraction of sp³-hybridized carbons (Fsp3) is 0.125. The van der Waals surface area contributed by atoms with Crippen molar-refractivity contribution in [1.29, 1.82) is 0 Å². The van der Waals surface area contributed by atoms with Gasteiger partial charge < -0.3 is 10.3 Å². The highest BCUT2D eigenvalue weighted by molar-refractivity contribution is 5.83. The van der Waals surface area contributed by atoms with E-state index in [0.717, 1.165) is 10.9 Å². The maximum atomic E-state index is 12.0. The molecule has 2 heterocycles. The SMILES string of the molecule is CC(Nc1cc2ccccc2c(=O)[nH]1)c1cccnc1. The zero-order valence-electron chi connectivity index (χ0n) is 11.1. The van der Waals surface area contributed by atoms with Crippen LogP contribution in [-0.4, -0.2) is 9.97 Å². The zero-order valence-corrected chi connectivity index (χ0v) is 11.1. The Morgan fingerprint density at radius 3 is 2.85 bits per heavy atom. The molecule has 0 fully saturated rings. The third-order valence-electron chi connectivity index (χ3n) is 3.31. The van der Waals surface area contributed by atoms with Crippen LogP contribution in [0.3, 0.4) is 0 Å². The fourth-order valence-corrected chi connectivity index (χ4v) is 2.24. The van der Waals surface area contributed by atoms with Gasteiger partial charge in [-0.15, -0.1) is 0 Å². The van der Waals surface area contributed by atoms with Crippen molar-refractivity contribution in [2.24, 2.45) is 0 Å². The summed E-state index contributed by atoms with van der Waals surface area (Å²) >= 11 is 0. The predicted octanol–water partition coefficient (Wildman–Crippen LogP) is 3.10. The van der Waals surface area contributed by atoms with E-state index < -0.39 is 0 Å². The third-order valence-corrected chi connectivity index (χ3v) is 3.31. The van der Waals surface area contributed by atoms with Crippen LogP contribution in [0.25, 0.3) is 10.8 Å². The summed E-state index contributed by atoms with van der Waals surface area (Å²) in [6.07, 6.45) is 3.56. The molecule has 4 nitrogen and oxygen atoms in total. The van der Waals surface area contributed by atoms with E-state index in [1.54, 1.807) is 6.20 Å². The topological polar surface area (TPSA) is 57.8 Å². The molecule has 2 aromatic heterocycles. The van der Waals surface area contributed by atoms with E-state index in [1.807, 2.05) is 55.6 Å². The first-order valence-corrected chi connectivity index (χ1v) is 6.52. The van der Waals surface area contributed by atoms with Crippen LogP contribution >= 0.6 is 0 Å². The second-order valence-electron chi connectivity index (χ2n) is 4.75. The number of nitrogens with zero attached hydrogens (tertiary/aromatic N) is 1. The molecule has 2 N–H and O–H groups in total. The fourth-order valence-electron chi connectivity index (χ4n) is 2.24. The van der Waals surface area contributed by atoms with E-state index in [-0.39, 0.29) is 11.6 Å². The summed E-state index contributed by atoms with van der Waals surface area (Å²) in [7, 11) is 0. The van der Waals surface area contributed by atoms with E-state index in [2.05, 4.69) is 15.3 Å². The average molecular weight is 265 g/mol. The van der Waals surface area contributed by atoms with Gasteiger partial charge in [0.05, 0.1) is 6.04 Å². The molecule has 0 saturated carbocycles. The van der Waals surface area contributed by atoms with Gasteiger partial charge in [0.1, 0.15) is 5.82 Å². The van der Waals surface area contributed by atoms with Gasteiger partial charge in [-0.2, -0.15) is 0 Å². The molecule has 0 amide bonds. The van der Waals surface area contributed by atoms with Crippen molar-refractivity contribution in [2.45, 2.75) is 13.0 Å². The number of aromatic nitrogens is 2. The van der Waals surface area contributed by atoms with E-state index in [0.29, 0.717) is 11.2 Å². The van der Waals surface area contributed by atoms with Crippen LogP contribution in [0.15, 0.2) is 59.7 Å². The Morgan fingerprint density at radius 2 is 2.05 bits per heavy atom. The Balaban J connectivity index is 1.93. The van der Waals surface area contributed by atoms with Gasteiger partial charge in [-0.25, -0.2) is 0 Å². The van der Waals surface area contributed by atoms with Crippen LogP contribution in [0.2, 0.25) is 0 Å². The first kappa shape index (κ1) is 12.4. The molecule has 1 atom stereocenters. The maximum Gasteiger partial charge on any atom is 0.257 e. The molecule has 4 heteroatoms. The van der Waals surface area contributed by atoms with E-state index in [9.17, 15) is 4.79 Å². The maximum absolute atomic E-state index is 12.0. The molecule has 0 radical (unpaired) electrons. The molecule has 3 rings (SSSR count). The van der Waals surface area contributed by atoms with Crippen molar-refractivity contribution in [2.75, 3.05) is 5.32 Å². The summed E-state index contributed by atoms with van der Waals surface area (Å²) in [6.45, 7) is 2.03. The van der Waals surface area contributed by atoms with Crippen LogP contribution in [0.4, 0.5) is 5.82 Å². The standard InChI is InChI=1S/C16H15N3O/c1-11(13-6-4-8-17-10-13)18-15-9-12-5-2-3-7-14(12)16(20)19-15/h2-11H,1H3,(H2,18,19,20). The summed E-state index contributed by atoms with van der Waals surface area (Å²) in [6, 6.07) is 13.5. The summed E-state index contributed by atoms with van der Waals surface area (Å²) in [5, 5.41) is 4.92.